The second kappa shape index (κ2) is 6.27. The zero-order valence-corrected chi connectivity index (χ0v) is 10.9. The van der Waals surface area contributed by atoms with Crippen molar-refractivity contribution in [1.29, 1.82) is 0 Å². The van der Waals surface area contributed by atoms with Crippen molar-refractivity contribution in [3.8, 4) is 0 Å². The molecule has 0 aromatic carbocycles. The standard InChI is InChI=1S/C12H17F3N4O/c13-12(14,15)11-7-10(9(16)8-18-11)17-1-2-19-3-5-20-6-4-19/h7-8H,1-6,16H2,(H,17,18). The number of halogens is 3. The van der Waals surface area contributed by atoms with Crippen LogP contribution in [0.1, 0.15) is 5.69 Å². The molecular weight excluding hydrogens is 273 g/mol. The van der Waals surface area contributed by atoms with E-state index in [0.717, 1.165) is 31.9 Å². The number of rotatable bonds is 4. The van der Waals surface area contributed by atoms with Crippen LogP contribution in [0.2, 0.25) is 0 Å². The molecule has 1 aliphatic heterocycles. The summed E-state index contributed by atoms with van der Waals surface area (Å²) >= 11 is 0. The van der Waals surface area contributed by atoms with Gasteiger partial charge >= 0.3 is 6.18 Å². The molecule has 0 aliphatic carbocycles. The first-order chi connectivity index (χ1) is 9.47. The second-order valence-electron chi connectivity index (χ2n) is 4.54. The maximum Gasteiger partial charge on any atom is 0.433 e. The van der Waals surface area contributed by atoms with Crippen LogP contribution in [0.25, 0.3) is 0 Å². The van der Waals surface area contributed by atoms with Gasteiger partial charge in [-0.15, -0.1) is 0 Å². The second-order valence-corrected chi connectivity index (χ2v) is 4.54. The predicted octanol–water partition coefficient (Wildman–Crippen LogP) is 1.43. The van der Waals surface area contributed by atoms with Gasteiger partial charge in [0.05, 0.1) is 30.8 Å². The Hall–Kier alpha value is -1.54. The molecule has 0 saturated carbocycles. The molecule has 1 aromatic heterocycles. The molecule has 1 aliphatic rings. The Morgan fingerprint density at radius 1 is 1.35 bits per heavy atom. The molecule has 0 amide bonds. The van der Waals surface area contributed by atoms with Gasteiger partial charge in [-0.05, 0) is 6.07 Å². The molecule has 0 unspecified atom stereocenters. The van der Waals surface area contributed by atoms with Crippen LogP contribution in [-0.2, 0) is 10.9 Å². The van der Waals surface area contributed by atoms with Gasteiger partial charge in [0.2, 0.25) is 0 Å². The fourth-order valence-electron chi connectivity index (χ4n) is 1.95. The van der Waals surface area contributed by atoms with Crippen molar-refractivity contribution in [1.82, 2.24) is 9.88 Å². The number of pyridine rings is 1. The van der Waals surface area contributed by atoms with Gasteiger partial charge in [0.1, 0.15) is 5.69 Å². The zero-order valence-electron chi connectivity index (χ0n) is 10.9. The van der Waals surface area contributed by atoms with E-state index in [1.54, 1.807) is 0 Å². The lowest BCUT2D eigenvalue weighted by molar-refractivity contribution is -0.141. The third kappa shape index (κ3) is 3.97. The quantitative estimate of drug-likeness (QED) is 0.878. The summed E-state index contributed by atoms with van der Waals surface area (Å²) in [6.45, 7) is 4.30. The average Bonchev–Trinajstić information content (AvgIpc) is 2.41. The normalized spacial score (nSPS) is 17.1. The van der Waals surface area contributed by atoms with Crippen LogP contribution in [0.4, 0.5) is 24.5 Å². The van der Waals surface area contributed by atoms with Crippen molar-refractivity contribution in [3.63, 3.8) is 0 Å². The van der Waals surface area contributed by atoms with Gasteiger partial charge in [0, 0.05) is 26.2 Å². The summed E-state index contributed by atoms with van der Waals surface area (Å²) < 4.78 is 42.9. The molecule has 3 N–H and O–H groups in total. The first kappa shape index (κ1) is 14.9. The summed E-state index contributed by atoms with van der Waals surface area (Å²) in [5.74, 6) is 0. The van der Waals surface area contributed by atoms with Crippen LogP contribution in [0.3, 0.4) is 0 Å². The number of anilines is 2. The van der Waals surface area contributed by atoms with E-state index in [0.29, 0.717) is 19.8 Å². The Bertz CT molecular complexity index is 447. The number of aromatic nitrogens is 1. The molecule has 1 aromatic rings. The lowest BCUT2D eigenvalue weighted by Gasteiger charge is -2.26. The number of nitrogens with zero attached hydrogens (tertiary/aromatic N) is 2. The van der Waals surface area contributed by atoms with E-state index in [1.807, 2.05) is 0 Å². The molecule has 0 spiro atoms. The summed E-state index contributed by atoms with van der Waals surface area (Å²) in [6.07, 6.45) is -3.44. The van der Waals surface area contributed by atoms with Crippen LogP contribution < -0.4 is 11.1 Å². The van der Waals surface area contributed by atoms with Crippen molar-refractivity contribution in [2.75, 3.05) is 50.4 Å². The minimum Gasteiger partial charge on any atom is -0.396 e. The Balaban J connectivity index is 1.91. The third-order valence-corrected chi connectivity index (χ3v) is 3.07. The monoisotopic (exact) mass is 290 g/mol. The number of hydrogen-bond acceptors (Lipinski definition) is 5. The molecule has 1 saturated heterocycles. The minimum absolute atomic E-state index is 0.208. The van der Waals surface area contributed by atoms with Crippen molar-refractivity contribution in [2.24, 2.45) is 0 Å². The summed E-state index contributed by atoms with van der Waals surface area (Å²) in [5, 5.41) is 2.93. The topological polar surface area (TPSA) is 63.4 Å². The molecule has 5 nitrogen and oxygen atoms in total. The van der Waals surface area contributed by atoms with Gasteiger partial charge in [-0.1, -0.05) is 0 Å². The Kier molecular flexibility index (Phi) is 4.66. The van der Waals surface area contributed by atoms with E-state index in [1.165, 1.54) is 0 Å². The summed E-state index contributed by atoms with van der Waals surface area (Å²) in [6, 6.07) is 0.939. The Morgan fingerprint density at radius 3 is 2.70 bits per heavy atom. The maximum atomic E-state index is 12.6. The molecule has 0 bridgehead atoms. The highest BCUT2D eigenvalue weighted by Gasteiger charge is 2.32. The SMILES string of the molecule is Nc1cnc(C(F)(F)F)cc1NCCN1CCOCC1. The molecular formula is C12H17F3N4O. The Morgan fingerprint density at radius 2 is 2.05 bits per heavy atom. The molecule has 2 rings (SSSR count). The van der Waals surface area contributed by atoms with E-state index in [-0.39, 0.29) is 11.4 Å². The van der Waals surface area contributed by atoms with Crippen LogP contribution >= 0.6 is 0 Å². The van der Waals surface area contributed by atoms with Gasteiger partial charge in [-0.3, -0.25) is 4.90 Å². The molecule has 8 heteroatoms. The van der Waals surface area contributed by atoms with Gasteiger partial charge in [0.25, 0.3) is 0 Å². The zero-order chi connectivity index (χ0) is 14.6. The number of nitrogens with two attached hydrogens (primary N) is 1. The number of nitrogens with one attached hydrogen (secondary N) is 1. The van der Waals surface area contributed by atoms with Gasteiger partial charge < -0.3 is 15.8 Å². The first-order valence-electron chi connectivity index (χ1n) is 6.33. The third-order valence-electron chi connectivity index (χ3n) is 3.07. The van der Waals surface area contributed by atoms with Crippen LogP contribution in [0.5, 0.6) is 0 Å². The predicted molar refractivity (Wildman–Crippen MR) is 69.4 cm³/mol. The summed E-state index contributed by atoms with van der Waals surface area (Å²) in [7, 11) is 0. The highest BCUT2D eigenvalue weighted by molar-refractivity contribution is 5.65. The number of alkyl halides is 3. The average molecular weight is 290 g/mol. The molecule has 20 heavy (non-hydrogen) atoms. The summed E-state index contributed by atoms with van der Waals surface area (Å²) in [5.41, 5.74) is 5.15. The van der Waals surface area contributed by atoms with Crippen molar-refractivity contribution < 1.29 is 17.9 Å². The first-order valence-corrected chi connectivity index (χ1v) is 6.33. The number of nitrogen functional groups attached to an aromatic ring is 1. The van der Waals surface area contributed by atoms with E-state index in [2.05, 4.69) is 15.2 Å². The fourth-order valence-corrected chi connectivity index (χ4v) is 1.95. The van der Waals surface area contributed by atoms with E-state index in [9.17, 15) is 13.2 Å². The van der Waals surface area contributed by atoms with Gasteiger partial charge in [0.15, 0.2) is 0 Å². The largest absolute Gasteiger partial charge is 0.433 e. The van der Waals surface area contributed by atoms with Crippen molar-refractivity contribution >= 4 is 11.4 Å². The lowest BCUT2D eigenvalue weighted by atomic mass is 10.2. The van der Waals surface area contributed by atoms with E-state index >= 15 is 0 Å². The molecule has 1 fully saturated rings. The van der Waals surface area contributed by atoms with E-state index in [4.69, 9.17) is 10.5 Å². The van der Waals surface area contributed by atoms with Crippen LogP contribution in [0, 0.1) is 0 Å². The van der Waals surface area contributed by atoms with Crippen LogP contribution in [0.15, 0.2) is 12.3 Å². The Labute approximate surface area is 114 Å². The number of hydrogen-bond donors (Lipinski definition) is 2. The maximum absolute atomic E-state index is 12.6. The van der Waals surface area contributed by atoms with Gasteiger partial charge in [-0.2, -0.15) is 13.2 Å². The smallest absolute Gasteiger partial charge is 0.396 e. The molecule has 0 atom stereocenters. The van der Waals surface area contributed by atoms with Crippen LogP contribution in [-0.4, -0.2) is 49.3 Å². The fraction of sp³-hybridized carbons (Fsp3) is 0.583. The lowest BCUT2D eigenvalue weighted by Crippen LogP contribution is -2.39. The van der Waals surface area contributed by atoms with Crippen molar-refractivity contribution in [2.45, 2.75) is 6.18 Å². The van der Waals surface area contributed by atoms with Gasteiger partial charge in [-0.25, -0.2) is 4.98 Å². The minimum atomic E-state index is -4.46. The highest BCUT2D eigenvalue weighted by atomic mass is 19.4. The summed E-state index contributed by atoms with van der Waals surface area (Å²) in [4.78, 5) is 5.47. The van der Waals surface area contributed by atoms with E-state index < -0.39 is 11.9 Å². The number of morpholine rings is 1. The highest BCUT2D eigenvalue weighted by Crippen LogP contribution is 2.30. The van der Waals surface area contributed by atoms with Crippen molar-refractivity contribution in [3.05, 3.63) is 18.0 Å². The molecule has 2 heterocycles. The molecule has 112 valence electrons. The molecule has 0 radical (unpaired) electrons. The number of ether oxygens (including phenoxy) is 1.